The van der Waals surface area contributed by atoms with Gasteiger partial charge >= 0.3 is 0 Å². The fourth-order valence-corrected chi connectivity index (χ4v) is 2.69. The molecule has 0 saturated carbocycles. The molecule has 0 saturated heterocycles. The van der Waals surface area contributed by atoms with E-state index >= 15 is 0 Å². The lowest BCUT2D eigenvalue weighted by Crippen LogP contribution is -2.54. The molecule has 0 fully saturated rings. The number of hydrogen-bond acceptors (Lipinski definition) is 4. The van der Waals surface area contributed by atoms with E-state index in [0.717, 1.165) is 0 Å². The van der Waals surface area contributed by atoms with Crippen LogP contribution in [0.3, 0.4) is 0 Å². The van der Waals surface area contributed by atoms with Crippen LogP contribution in [0.5, 0.6) is 5.75 Å². The fourth-order valence-electron chi connectivity index (χ4n) is 2.56. The number of halogens is 1. The number of para-hydroxylation sites is 1. The van der Waals surface area contributed by atoms with Crippen LogP contribution in [-0.4, -0.2) is 30.4 Å². The Morgan fingerprint density at radius 2 is 1.62 bits per heavy atom. The summed E-state index contributed by atoms with van der Waals surface area (Å²) in [5.41, 5.74) is 5.37. The van der Waals surface area contributed by atoms with Crippen molar-refractivity contribution in [3.8, 4) is 5.75 Å². The zero-order valence-electron chi connectivity index (χ0n) is 16.5. The highest BCUT2D eigenvalue weighted by atomic mass is 35.5. The zero-order chi connectivity index (χ0) is 21.4. The van der Waals surface area contributed by atoms with Crippen molar-refractivity contribution in [1.29, 1.82) is 0 Å². The van der Waals surface area contributed by atoms with E-state index < -0.39 is 23.8 Å². The van der Waals surface area contributed by atoms with Crippen LogP contribution in [-0.2, 0) is 4.79 Å². The third-order valence-corrected chi connectivity index (χ3v) is 4.32. The molecule has 0 aromatic heterocycles. The highest BCUT2D eigenvalue weighted by Gasteiger charge is 2.26. The number of carbonyl (C=O) groups excluding carboxylic acids is 3. The quantitative estimate of drug-likeness (QED) is 0.603. The minimum atomic E-state index is -0.859. The van der Waals surface area contributed by atoms with Crippen LogP contribution in [0.1, 0.15) is 41.5 Å². The Hall–Kier alpha value is -3.06. The first-order valence-electron chi connectivity index (χ1n) is 9.22. The number of hydrogen-bond donors (Lipinski definition) is 3. The van der Waals surface area contributed by atoms with Crippen molar-refractivity contribution in [2.45, 2.75) is 26.8 Å². The smallest absolute Gasteiger partial charge is 0.269 e. The largest absolute Gasteiger partial charge is 0.493 e. The van der Waals surface area contributed by atoms with Crippen molar-refractivity contribution in [3.05, 3.63) is 64.7 Å². The summed E-state index contributed by atoms with van der Waals surface area (Å²) < 4.78 is 5.47. The van der Waals surface area contributed by atoms with E-state index in [2.05, 4.69) is 16.2 Å². The van der Waals surface area contributed by atoms with Crippen LogP contribution in [0.2, 0.25) is 5.02 Å². The van der Waals surface area contributed by atoms with E-state index in [1.165, 1.54) is 12.1 Å². The average Bonchev–Trinajstić information content (AvgIpc) is 2.70. The zero-order valence-corrected chi connectivity index (χ0v) is 17.2. The van der Waals surface area contributed by atoms with Gasteiger partial charge in [-0.05, 0) is 49.2 Å². The Kier molecular flexibility index (Phi) is 8.03. The van der Waals surface area contributed by atoms with Gasteiger partial charge in [0.25, 0.3) is 17.7 Å². The van der Waals surface area contributed by atoms with E-state index in [0.29, 0.717) is 28.5 Å². The number of rotatable bonds is 7. The molecule has 0 bridgehead atoms. The normalized spacial score (nSPS) is 11.5. The first kappa shape index (κ1) is 22.2. The van der Waals surface area contributed by atoms with Gasteiger partial charge < -0.3 is 10.1 Å². The SMILES string of the molecule is CCOc1ccccc1C(=O)N[C@H](C(=O)NNC(=O)c1ccc(Cl)cc1)C(C)C. The predicted octanol–water partition coefficient (Wildman–Crippen LogP) is 2.95. The summed E-state index contributed by atoms with van der Waals surface area (Å²) in [4.78, 5) is 37.4. The summed E-state index contributed by atoms with van der Waals surface area (Å²) in [5, 5.41) is 3.20. The summed E-state index contributed by atoms with van der Waals surface area (Å²) >= 11 is 5.80. The van der Waals surface area contributed by atoms with E-state index in [1.807, 2.05) is 6.92 Å². The third-order valence-electron chi connectivity index (χ3n) is 4.07. The number of benzene rings is 2. The van der Waals surface area contributed by atoms with Crippen LogP contribution in [0, 0.1) is 5.92 Å². The van der Waals surface area contributed by atoms with Gasteiger partial charge in [-0.15, -0.1) is 0 Å². The first-order chi connectivity index (χ1) is 13.8. The topological polar surface area (TPSA) is 96.5 Å². The maximum atomic E-state index is 12.7. The van der Waals surface area contributed by atoms with Crippen LogP contribution < -0.4 is 20.9 Å². The second-order valence-electron chi connectivity index (χ2n) is 6.57. The molecule has 3 amide bonds. The number of amides is 3. The maximum Gasteiger partial charge on any atom is 0.269 e. The monoisotopic (exact) mass is 417 g/mol. The van der Waals surface area contributed by atoms with Crippen molar-refractivity contribution in [2.75, 3.05) is 6.61 Å². The molecule has 3 N–H and O–H groups in total. The predicted molar refractivity (Wildman–Crippen MR) is 111 cm³/mol. The molecule has 0 spiro atoms. The Morgan fingerprint density at radius 1 is 0.966 bits per heavy atom. The molecule has 2 rings (SSSR count). The molecule has 154 valence electrons. The number of ether oxygens (including phenoxy) is 1. The van der Waals surface area contributed by atoms with Crippen LogP contribution in [0.25, 0.3) is 0 Å². The van der Waals surface area contributed by atoms with E-state index in [9.17, 15) is 14.4 Å². The van der Waals surface area contributed by atoms with Crippen LogP contribution in [0.4, 0.5) is 0 Å². The summed E-state index contributed by atoms with van der Waals surface area (Å²) in [6.45, 7) is 5.82. The molecule has 2 aromatic carbocycles. The second-order valence-corrected chi connectivity index (χ2v) is 7.01. The average molecular weight is 418 g/mol. The van der Waals surface area contributed by atoms with Gasteiger partial charge in [0.15, 0.2) is 0 Å². The van der Waals surface area contributed by atoms with Gasteiger partial charge in [0.2, 0.25) is 0 Å². The Morgan fingerprint density at radius 3 is 2.24 bits per heavy atom. The lowest BCUT2D eigenvalue weighted by Gasteiger charge is -2.22. The molecule has 0 aliphatic heterocycles. The molecule has 0 unspecified atom stereocenters. The Labute approximate surface area is 174 Å². The number of nitrogens with one attached hydrogen (secondary N) is 3. The molecule has 0 aliphatic rings. The Bertz CT molecular complexity index is 868. The van der Waals surface area contributed by atoms with Gasteiger partial charge in [-0.1, -0.05) is 37.6 Å². The minimum Gasteiger partial charge on any atom is -0.493 e. The first-order valence-corrected chi connectivity index (χ1v) is 9.59. The Balaban J connectivity index is 2.03. The lowest BCUT2D eigenvalue weighted by atomic mass is 10.0. The second kappa shape index (κ2) is 10.5. The highest BCUT2D eigenvalue weighted by molar-refractivity contribution is 6.30. The van der Waals surface area contributed by atoms with Crippen molar-refractivity contribution in [3.63, 3.8) is 0 Å². The number of carbonyl (C=O) groups is 3. The molecule has 0 heterocycles. The molecule has 8 heteroatoms. The van der Waals surface area contributed by atoms with Gasteiger partial charge in [0, 0.05) is 10.6 Å². The summed E-state index contributed by atoms with van der Waals surface area (Å²) in [6, 6.07) is 12.2. The molecule has 0 radical (unpaired) electrons. The van der Waals surface area contributed by atoms with Crippen LogP contribution in [0.15, 0.2) is 48.5 Å². The molecule has 1 atom stereocenters. The standard InChI is InChI=1S/C21H24ClN3O4/c1-4-29-17-8-6-5-7-16(17)20(27)23-18(13(2)3)21(28)25-24-19(26)14-9-11-15(22)12-10-14/h5-13,18H,4H2,1-3H3,(H,23,27)(H,24,26)(H,25,28)/t18-/m0/s1. The summed E-state index contributed by atoms with van der Waals surface area (Å²) in [7, 11) is 0. The molecule has 7 nitrogen and oxygen atoms in total. The highest BCUT2D eigenvalue weighted by Crippen LogP contribution is 2.18. The molecule has 2 aromatic rings. The fraction of sp³-hybridized carbons (Fsp3) is 0.286. The lowest BCUT2D eigenvalue weighted by molar-refractivity contribution is -0.124. The summed E-state index contributed by atoms with van der Waals surface area (Å²) in [5.74, 6) is -1.25. The van der Waals surface area contributed by atoms with Gasteiger partial charge in [0.1, 0.15) is 11.8 Å². The molecular formula is C21H24ClN3O4. The van der Waals surface area contributed by atoms with Crippen molar-refractivity contribution in [1.82, 2.24) is 16.2 Å². The van der Waals surface area contributed by atoms with Crippen molar-refractivity contribution >= 4 is 29.3 Å². The van der Waals surface area contributed by atoms with Crippen LogP contribution >= 0.6 is 11.6 Å². The molecule has 29 heavy (non-hydrogen) atoms. The summed E-state index contributed by atoms with van der Waals surface area (Å²) in [6.07, 6.45) is 0. The van der Waals surface area contributed by atoms with E-state index in [1.54, 1.807) is 50.2 Å². The molecule has 0 aliphatic carbocycles. The minimum absolute atomic E-state index is 0.217. The van der Waals surface area contributed by atoms with Crippen molar-refractivity contribution < 1.29 is 19.1 Å². The van der Waals surface area contributed by atoms with Gasteiger partial charge in [-0.2, -0.15) is 0 Å². The van der Waals surface area contributed by atoms with Gasteiger partial charge in [-0.25, -0.2) is 0 Å². The maximum absolute atomic E-state index is 12.7. The number of hydrazine groups is 1. The van der Waals surface area contributed by atoms with Crippen molar-refractivity contribution in [2.24, 2.45) is 5.92 Å². The van der Waals surface area contributed by atoms with E-state index in [4.69, 9.17) is 16.3 Å². The molecular weight excluding hydrogens is 394 g/mol. The van der Waals surface area contributed by atoms with Gasteiger partial charge in [-0.3, -0.25) is 25.2 Å². The third kappa shape index (κ3) is 6.22. The van der Waals surface area contributed by atoms with E-state index in [-0.39, 0.29) is 5.92 Å². The van der Waals surface area contributed by atoms with Gasteiger partial charge in [0.05, 0.1) is 12.2 Å².